The van der Waals surface area contributed by atoms with E-state index in [-0.39, 0.29) is 5.91 Å². The molecule has 0 spiro atoms. The van der Waals surface area contributed by atoms with Crippen LogP contribution in [0.4, 0.5) is 17.5 Å². The highest BCUT2D eigenvalue weighted by Gasteiger charge is 2.24. The second kappa shape index (κ2) is 7.67. The molecule has 144 valence electrons. The number of aromatic nitrogens is 3. The maximum atomic E-state index is 12.4. The molecule has 1 saturated heterocycles. The summed E-state index contributed by atoms with van der Waals surface area (Å²) in [6, 6.07) is 9.48. The summed E-state index contributed by atoms with van der Waals surface area (Å²) in [4.78, 5) is 20.9. The Morgan fingerprint density at radius 2 is 1.93 bits per heavy atom. The molecule has 8 nitrogen and oxygen atoms in total. The van der Waals surface area contributed by atoms with Gasteiger partial charge < -0.3 is 19.5 Å². The Morgan fingerprint density at radius 1 is 1.11 bits per heavy atom. The summed E-state index contributed by atoms with van der Waals surface area (Å²) in [6.45, 7) is 6.68. The Kier molecular flexibility index (Phi) is 4.92. The second-order valence-corrected chi connectivity index (χ2v) is 6.77. The van der Waals surface area contributed by atoms with E-state index >= 15 is 0 Å². The number of aryl methyl sites for hydroxylation is 1. The molecule has 1 N–H and O–H groups in total. The SMILES string of the molecule is Cc1cccc(Nc2nncc(N3CCN(C(=O)c4ccco4)CC3)n2)c1C. The predicted octanol–water partition coefficient (Wildman–Crippen LogP) is 2.79. The van der Waals surface area contributed by atoms with Crippen molar-refractivity contribution < 1.29 is 9.21 Å². The first-order chi connectivity index (χ1) is 13.6. The van der Waals surface area contributed by atoms with Crippen molar-refractivity contribution in [1.82, 2.24) is 20.1 Å². The molecule has 0 radical (unpaired) electrons. The molecule has 1 aliphatic heterocycles. The van der Waals surface area contributed by atoms with Crippen LogP contribution in [-0.2, 0) is 0 Å². The number of carbonyl (C=O) groups is 1. The predicted molar refractivity (Wildman–Crippen MR) is 106 cm³/mol. The van der Waals surface area contributed by atoms with Gasteiger partial charge in [-0.25, -0.2) is 0 Å². The van der Waals surface area contributed by atoms with Crippen LogP contribution in [-0.4, -0.2) is 52.2 Å². The van der Waals surface area contributed by atoms with Crippen LogP contribution in [0, 0.1) is 13.8 Å². The van der Waals surface area contributed by atoms with E-state index in [2.05, 4.69) is 45.3 Å². The number of nitrogens with zero attached hydrogens (tertiary/aromatic N) is 5. The number of hydrogen-bond donors (Lipinski definition) is 1. The maximum Gasteiger partial charge on any atom is 0.289 e. The fraction of sp³-hybridized carbons (Fsp3) is 0.300. The second-order valence-electron chi connectivity index (χ2n) is 6.77. The lowest BCUT2D eigenvalue weighted by Crippen LogP contribution is -2.49. The van der Waals surface area contributed by atoms with E-state index in [0.717, 1.165) is 17.1 Å². The van der Waals surface area contributed by atoms with Gasteiger partial charge in [-0.2, -0.15) is 10.1 Å². The van der Waals surface area contributed by atoms with Gasteiger partial charge in [-0.3, -0.25) is 4.79 Å². The Bertz CT molecular complexity index is 965. The molecule has 1 fully saturated rings. The summed E-state index contributed by atoms with van der Waals surface area (Å²) < 4.78 is 5.21. The molecule has 0 saturated carbocycles. The Labute approximate surface area is 163 Å². The van der Waals surface area contributed by atoms with Crippen molar-refractivity contribution >= 4 is 23.4 Å². The molecule has 2 aromatic heterocycles. The summed E-state index contributed by atoms with van der Waals surface area (Å²) in [6.07, 6.45) is 3.17. The zero-order valence-corrected chi connectivity index (χ0v) is 15.9. The zero-order valence-electron chi connectivity index (χ0n) is 15.9. The third-order valence-electron chi connectivity index (χ3n) is 5.02. The minimum absolute atomic E-state index is 0.0808. The van der Waals surface area contributed by atoms with E-state index < -0.39 is 0 Å². The van der Waals surface area contributed by atoms with Gasteiger partial charge in [-0.15, -0.1) is 5.10 Å². The lowest BCUT2D eigenvalue weighted by molar-refractivity contribution is 0.0714. The van der Waals surface area contributed by atoms with Crippen LogP contribution in [0.3, 0.4) is 0 Å². The normalized spacial score (nSPS) is 14.2. The summed E-state index contributed by atoms with van der Waals surface area (Å²) in [7, 11) is 0. The Balaban J connectivity index is 1.42. The number of anilines is 3. The van der Waals surface area contributed by atoms with Gasteiger partial charge in [-0.05, 0) is 43.2 Å². The largest absolute Gasteiger partial charge is 0.459 e. The molecule has 0 unspecified atom stereocenters. The molecule has 1 amide bonds. The molecule has 4 rings (SSSR count). The van der Waals surface area contributed by atoms with Crippen molar-refractivity contribution in [3.05, 3.63) is 59.7 Å². The number of nitrogens with one attached hydrogen (secondary N) is 1. The van der Waals surface area contributed by atoms with Crippen LogP contribution in [0.2, 0.25) is 0 Å². The summed E-state index contributed by atoms with van der Waals surface area (Å²) in [5.74, 6) is 1.49. The monoisotopic (exact) mass is 378 g/mol. The first-order valence-corrected chi connectivity index (χ1v) is 9.22. The number of furan rings is 1. The maximum absolute atomic E-state index is 12.4. The van der Waals surface area contributed by atoms with E-state index in [4.69, 9.17) is 4.42 Å². The summed E-state index contributed by atoms with van der Waals surface area (Å²) >= 11 is 0. The van der Waals surface area contributed by atoms with Crippen LogP contribution in [0.5, 0.6) is 0 Å². The molecular formula is C20H22N6O2. The van der Waals surface area contributed by atoms with Gasteiger partial charge in [0.05, 0.1) is 12.5 Å². The molecule has 28 heavy (non-hydrogen) atoms. The Morgan fingerprint density at radius 3 is 2.68 bits per heavy atom. The summed E-state index contributed by atoms with van der Waals surface area (Å²) in [5, 5.41) is 11.4. The van der Waals surface area contributed by atoms with Crippen LogP contribution >= 0.6 is 0 Å². The number of amides is 1. The number of rotatable bonds is 4. The first kappa shape index (κ1) is 18.0. The van der Waals surface area contributed by atoms with E-state index in [0.29, 0.717) is 37.9 Å². The lowest BCUT2D eigenvalue weighted by Gasteiger charge is -2.34. The molecule has 1 aromatic carbocycles. The van der Waals surface area contributed by atoms with Gasteiger partial charge in [-0.1, -0.05) is 12.1 Å². The van der Waals surface area contributed by atoms with Crippen molar-refractivity contribution in [1.29, 1.82) is 0 Å². The van der Waals surface area contributed by atoms with E-state index in [1.54, 1.807) is 23.2 Å². The molecule has 3 aromatic rings. The standard InChI is InChI=1S/C20H22N6O2/c1-14-5-3-6-16(15(14)2)22-20-23-18(13-21-24-20)25-8-10-26(11-9-25)19(27)17-7-4-12-28-17/h3-7,12-13H,8-11H2,1-2H3,(H,22,23,24). The van der Waals surface area contributed by atoms with E-state index in [9.17, 15) is 4.79 Å². The van der Waals surface area contributed by atoms with Crippen molar-refractivity contribution in [3.8, 4) is 0 Å². The topological polar surface area (TPSA) is 87.4 Å². The fourth-order valence-electron chi connectivity index (χ4n) is 3.20. The van der Waals surface area contributed by atoms with Crippen molar-refractivity contribution in [2.24, 2.45) is 0 Å². The third kappa shape index (κ3) is 3.66. The smallest absolute Gasteiger partial charge is 0.289 e. The highest BCUT2D eigenvalue weighted by molar-refractivity contribution is 5.91. The van der Waals surface area contributed by atoms with Gasteiger partial charge in [0.2, 0.25) is 5.95 Å². The zero-order chi connectivity index (χ0) is 19.5. The van der Waals surface area contributed by atoms with Crippen molar-refractivity contribution in [2.45, 2.75) is 13.8 Å². The van der Waals surface area contributed by atoms with Crippen LogP contribution in [0.25, 0.3) is 0 Å². The molecule has 1 aliphatic rings. The quantitative estimate of drug-likeness (QED) is 0.747. The minimum Gasteiger partial charge on any atom is -0.459 e. The van der Waals surface area contributed by atoms with Crippen molar-refractivity contribution in [3.63, 3.8) is 0 Å². The fourth-order valence-corrected chi connectivity index (χ4v) is 3.20. The lowest BCUT2D eigenvalue weighted by atomic mass is 10.1. The van der Waals surface area contributed by atoms with Crippen LogP contribution in [0.1, 0.15) is 21.7 Å². The molecular weight excluding hydrogens is 356 g/mol. The first-order valence-electron chi connectivity index (χ1n) is 9.22. The number of benzene rings is 1. The third-order valence-corrected chi connectivity index (χ3v) is 5.02. The molecule has 0 bridgehead atoms. The number of carbonyl (C=O) groups excluding carboxylic acids is 1. The van der Waals surface area contributed by atoms with Gasteiger partial charge in [0, 0.05) is 31.9 Å². The average Bonchev–Trinajstić information content (AvgIpc) is 3.26. The molecule has 8 heteroatoms. The van der Waals surface area contributed by atoms with Gasteiger partial charge in [0.15, 0.2) is 11.6 Å². The Hall–Kier alpha value is -3.42. The molecule has 3 heterocycles. The highest BCUT2D eigenvalue weighted by Crippen LogP contribution is 2.22. The molecule has 0 aliphatic carbocycles. The number of hydrogen-bond acceptors (Lipinski definition) is 7. The van der Waals surface area contributed by atoms with Gasteiger partial charge >= 0.3 is 0 Å². The van der Waals surface area contributed by atoms with Crippen molar-refractivity contribution in [2.75, 3.05) is 36.4 Å². The van der Waals surface area contributed by atoms with Gasteiger partial charge in [0.25, 0.3) is 5.91 Å². The molecule has 0 atom stereocenters. The van der Waals surface area contributed by atoms with E-state index in [1.165, 1.54) is 11.8 Å². The minimum atomic E-state index is -0.0808. The van der Waals surface area contributed by atoms with Crippen LogP contribution in [0.15, 0.2) is 47.2 Å². The highest BCUT2D eigenvalue weighted by atomic mass is 16.3. The van der Waals surface area contributed by atoms with E-state index in [1.807, 2.05) is 12.1 Å². The summed E-state index contributed by atoms with van der Waals surface area (Å²) in [5.41, 5.74) is 3.32. The number of piperazine rings is 1. The average molecular weight is 378 g/mol. The van der Waals surface area contributed by atoms with Crippen LogP contribution < -0.4 is 10.2 Å². The van der Waals surface area contributed by atoms with Gasteiger partial charge in [0.1, 0.15) is 0 Å².